The Morgan fingerprint density at radius 2 is 1.88 bits per heavy atom. The number of ether oxygens (including phenoxy) is 1. The molecule has 5 nitrogen and oxygen atoms in total. The topological polar surface area (TPSA) is 49.9 Å². The zero-order valence-electron chi connectivity index (χ0n) is 14.8. The van der Waals surface area contributed by atoms with E-state index in [0.717, 1.165) is 71.0 Å². The van der Waals surface area contributed by atoms with Crippen LogP contribution in [0.5, 0.6) is 0 Å². The first-order valence-corrected chi connectivity index (χ1v) is 9.88. The lowest BCUT2D eigenvalue weighted by atomic mass is 9.64. The molecule has 0 N–H and O–H groups in total. The van der Waals surface area contributed by atoms with Gasteiger partial charge in [0.1, 0.15) is 6.10 Å². The Bertz CT molecular complexity index is 517. The van der Waals surface area contributed by atoms with E-state index in [2.05, 4.69) is 11.8 Å². The van der Waals surface area contributed by atoms with Gasteiger partial charge in [0.15, 0.2) is 0 Å². The van der Waals surface area contributed by atoms with Crippen LogP contribution in [0, 0.1) is 11.8 Å². The average molecular weight is 334 g/mol. The van der Waals surface area contributed by atoms with E-state index in [1.807, 2.05) is 4.90 Å². The minimum absolute atomic E-state index is 0.0179. The summed E-state index contributed by atoms with van der Waals surface area (Å²) in [5, 5.41) is 0. The summed E-state index contributed by atoms with van der Waals surface area (Å²) in [6.45, 7) is 4.87. The van der Waals surface area contributed by atoms with E-state index in [1.54, 1.807) is 0 Å². The van der Waals surface area contributed by atoms with Crippen molar-refractivity contribution in [2.45, 2.75) is 76.4 Å². The van der Waals surface area contributed by atoms with Gasteiger partial charge in [0, 0.05) is 31.6 Å². The summed E-state index contributed by atoms with van der Waals surface area (Å²) in [5.74, 6) is 1.18. The third-order valence-electron chi connectivity index (χ3n) is 7.13. The van der Waals surface area contributed by atoms with Crippen molar-refractivity contribution >= 4 is 12.0 Å². The first kappa shape index (κ1) is 16.2. The molecule has 3 aliphatic heterocycles. The molecule has 1 saturated carbocycles. The Labute approximate surface area is 144 Å². The fourth-order valence-electron chi connectivity index (χ4n) is 5.92. The SMILES string of the molecule is C[C@H]1[C@@H](OC(=O)N2CCCC2)CC[C@@]23CCCN2C(=O)CCC[C@@H]13. The molecule has 1 spiro atoms. The highest BCUT2D eigenvalue weighted by molar-refractivity contribution is 5.78. The van der Waals surface area contributed by atoms with Crippen LogP contribution < -0.4 is 0 Å². The Kier molecular flexibility index (Phi) is 4.21. The van der Waals surface area contributed by atoms with E-state index >= 15 is 0 Å². The zero-order chi connectivity index (χ0) is 16.7. The molecule has 0 aromatic carbocycles. The van der Waals surface area contributed by atoms with Gasteiger partial charge < -0.3 is 14.5 Å². The number of carbonyl (C=O) groups excluding carboxylic acids is 2. The van der Waals surface area contributed by atoms with Gasteiger partial charge in [-0.15, -0.1) is 0 Å². The fourth-order valence-corrected chi connectivity index (χ4v) is 5.92. The maximum absolute atomic E-state index is 12.5. The monoisotopic (exact) mass is 334 g/mol. The van der Waals surface area contributed by atoms with Gasteiger partial charge in [-0.1, -0.05) is 6.92 Å². The second kappa shape index (κ2) is 6.23. The van der Waals surface area contributed by atoms with Crippen molar-refractivity contribution in [2.24, 2.45) is 11.8 Å². The minimum atomic E-state index is -0.117. The van der Waals surface area contributed by atoms with Crippen molar-refractivity contribution in [3.05, 3.63) is 0 Å². The number of hydrogen-bond acceptors (Lipinski definition) is 3. The molecule has 134 valence electrons. The predicted octanol–water partition coefficient (Wildman–Crippen LogP) is 3.18. The van der Waals surface area contributed by atoms with Crippen molar-refractivity contribution < 1.29 is 14.3 Å². The van der Waals surface area contributed by atoms with Crippen LogP contribution in [0.15, 0.2) is 0 Å². The molecule has 0 bridgehead atoms. The highest BCUT2D eigenvalue weighted by Gasteiger charge is 2.55. The molecular weight excluding hydrogens is 304 g/mol. The van der Waals surface area contributed by atoms with Crippen LogP contribution in [0.3, 0.4) is 0 Å². The van der Waals surface area contributed by atoms with Crippen LogP contribution in [-0.2, 0) is 9.53 Å². The van der Waals surface area contributed by atoms with Crippen LogP contribution in [0.1, 0.15) is 64.7 Å². The predicted molar refractivity (Wildman–Crippen MR) is 90.5 cm³/mol. The van der Waals surface area contributed by atoms with E-state index in [0.29, 0.717) is 24.2 Å². The molecule has 4 aliphatic rings. The van der Waals surface area contributed by atoms with Gasteiger partial charge in [-0.05, 0) is 63.2 Å². The standard InChI is InChI=1S/C19H30N2O3/c1-14-15-6-4-7-17(22)21-13-5-9-19(15,21)10-8-16(14)24-18(23)20-11-2-3-12-20/h14-16H,2-13H2,1H3/t14-,15+,16+,19-/m1/s1. The summed E-state index contributed by atoms with van der Waals surface area (Å²) in [6, 6.07) is 0. The molecule has 5 heteroatoms. The molecule has 1 aliphatic carbocycles. The van der Waals surface area contributed by atoms with Gasteiger partial charge >= 0.3 is 6.09 Å². The van der Waals surface area contributed by atoms with E-state index in [9.17, 15) is 9.59 Å². The van der Waals surface area contributed by atoms with Crippen molar-refractivity contribution in [3.63, 3.8) is 0 Å². The van der Waals surface area contributed by atoms with Crippen LogP contribution >= 0.6 is 0 Å². The Hall–Kier alpha value is -1.26. The summed E-state index contributed by atoms with van der Waals surface area (Å²) in [5.41, 5.74) is 0.0591. The van der Waals surface area contributed by atoms with Crippen molar-refractivity contribution in [3.8, 4) is 0 Å². The normalized spacial score (nSPS) is 39.4. The van der Waals surface area contributed by atoms with Gasteiger partial charge in [-0.3, -0.25) is 4.79 Å². The van der Waals surface area contributed by atoms with E-state index in [4.69, 9.17) is 4.74 Å². The summed E-state index contributed by atoms with van der Waals surface area (Å²) in [7, 11) is 0. The maximum atomic E-state index is 12.5. The molecule has 4 fully saturated rings. The first-order chi connectivity index (χ1) is 11.6. The summed E-state index contributed by atoms with van der Waals surface area (Å²) >= 11 is 0. The molecule has 3 heterocycles. The third kappa shape index (κ3) is 2.51. The second-order valence-corrected chi connectivity index (χ2v) is 8.27. The number of hydrogen-bond donors (Lipinski definition) is 0. The highest BCUT2D eigenvalue weighted by atomic mass is 16.6. The second-order valence-electron chi connectivity index (χ2n) is 8.27. The summed E-state index contributed by atoms with van der Waals surface area (Å²) in [4.78, 5) is 29.0. The average Bonchev–Trinajstić information content (AvgIpc) is 3.21. The van der Waals surface area contributed by atoms with E-state index in [-0.39, 0.29) is 17.7 Å². The lowest BCUT2D eigenvalue weighted by molar-refractivity contribution is -0.140. The van der Waals surface area contributed by atoms with Crippen molar-refractivity contribution in [2.75, 3.05) is 19.6 Å². The molecule has 0 aromatic rings. The molecule has 4 atom stereocenters. The molecular formula is C19H30N2O3. The van der Waals surface area contributed by atoms with E-state index in [1.165, 1.54) is 0 Å². The lowest BCUT2D eigenvalue weighted by Crippen LogP contribution is -2.58. The number of rotatable bonds is 1. The Morgan fingerprint density at radius 3 is 2.67 bits per heavy atom. The number of carbonyl (C=O) groups is 2. The van der Waals surface area contributed by atoms with Crippen LogP contribution in [-0.4, -0.2) is 53.1 Å². The molecule has 0 unspecified atom stereocenters. The number of likely N-dealkylation sites (tertiary alicyclic amines) is 1. The third-order valence-corrected chi connectivity index (χ3v) is 7.13. The Morgan fingerprint density at radius 1 is 1.08 bits per heavy atom. The number of nitrogens with zero attached hydrogens (tertiary/aromatic N) is 2. The van der Waals surface area contributed by atoms with Crippen LogP contribution in [0.2, 0.25) is 0 Å². The largest absolute Gasteiger partial charge is 0.446 e. The van der Waals surface area contributed by atoms with Gasteiger partial charge in [-0.25, -0.2) is 4.79 Å². The van der Waals surface area contributed by atoms with E-state index < -0.39 is 0 Å². The quantitative estimate of drug-likeness (QED) is 0.740. The first-order valence-electron chi connectivity index (χ1n) is 9.88. The van der Waals surface area contributed by atoms with Crippen molar-refractivity contribution in [1.82, 2.24) is 9.80 Å². The molecule has 0 aromatic heterocycles. The molecule has 24 heavy (non-hydrogen) atoms. The van der Waals surface area contributed by atoms with Crippen LogP contribution in [0.4, 0.5) is 4.79 Å². The van der Waals surface area contributed by atoms with Gasteiger partial charge in [-0.2, -0.15) is 0 Å². The minimum Gasteiger partial charge on any atom is -0.446 e. The zero-order valence-corrected chi connectivity index (χ0v) is 14.8. The van der Waals surface area contributed by atoms with Gasteiger partial charge in [0.05, 0.1) is 0 Å². The molecule has 2 amide bonds. The summed E-state index contributed by atoms with van der Waals surface area (Å²) in [6.07, 6.45) is 9.05. The van der Waals surface area contributed by atoms with Gasteiger partial charge in [0.2, 0.25) is 5.91 Å². The van der Waals surface area contributed by atoms with Crippen LogP contribution in [0.25, 0.3) is 0 Å². The summed E-state index contributed by atoms with van der Waals surface area (Å²) < 4.78 is 5.93. The maximum Gasteiger partial charge on any atom is 0.410 e. The lowest BCUT2D eigenvalue weighted by Gasteiger charge is -2.51. The Balaban J connectivity index is 1.50. The smallest absolute Gasteiger partial charge is 0.410 e. The molecule has 4 rings (SSSR count). The van der Waals surface area contributed by atoms with Crippen molar-refractivity contribution in [1.29, 1.82) is 0 Å². The molecule has 3 saturated heterocycles. The number of amides is 2. The fraction of sp³-hybridized carbons (Fsp3) is 0.895. The molecule has 0 radical (unpaired) electrons. The highest BCUT2D eigenvalue weighted by Crippen LogP contribution is 2.52. The van der Waals surface area contributed by atoms with Gasteiger partial charge in [0.25, 0.3) is 0 Å².